The molecule has 2 rings (SSSR count). The van der Waals surface area contributed by atoms with E-state index in [9.17, 15) is 0 Å². The molecule has 3 heteroatoms. The first-order valence-corrected chi connectivity index (χ1v) is 8.10. The summed E-state index contributed by atoms with van der Waals surface area (Å²) in [5, 5.41) is 0. The molecule has 0 radical (unpaired) electrons. The van der Waals surface area contributed by atoms with E-state index in [1.807, 2.05) is 0 Å². The Kier molecular flexibility index (Phi) is 5.27. The van der Waals surface area contributed by atoms with Gasteiger partial charge in [-0.25, -0.2) is 0 Å². The molecular formula is C16H33N3. The van der Waals surface area contributed by atoms with Crippen molar-refractivity contribution < 1.29 is 0 Å². The summed E-state index contributed by atoms with van der Waals surface area (Å²) in [6, 6.07) is 0.479. The molecule has 0 saturated heterocycles. The molecule has 0 spiro atoms. The second-order valence-corrected chi connectivity index (χ2v) is 7.53. The average Bonchev–Trinajstić information content (AvgIpc) is 2.89. The summed E-state index contributed by atoms with van der Waals surface area (Å²) in [5.74, 6) is 3.27. The van der Waals surface area contributed by atoms with E-state index < -0.39 is 0 Å². The summed E-state index contributed by atoms with van der Waals surface area (Å²) in [7, 11) is 4.33. The van der Waals surface area contributed by atoms with Crippen LogP contribution in [0.4, 0.5) is 0 Å². The van der Waals surface area contributed by atoms with Gasteiger partial charge in [-0.3, -0.25) is 0 Å². The Bertz CT molecular complexity index is 275. The van der Waals surface area contributed by atoms with Crippen LogP contribution in [0.5, 0.6) is 0 Å². The highest BCUT2D eigenvalue weighted by Crippen LogP contribution is 2.47. The van der Waals surface area contributed by atoms with Crippen LogP contribution in [0.15, 0.2) is 0 Å². The van der Waals surface area contributed by atoms with E-state index in [1.165, 1.54) is 38.9 Å². The third-order valence-electron chi connectivity index (χ3n) is 5.11. The second kappa shape index (κ2) is 6.55. The van der Waals surface area contributed by atoms with Crippen LogP contribution in [-0.4, -0.2) is 56.1 Å². The third kappa shape index (κ3) is 3.93. The number of likely N-dealkylation sites (N-methyl/N-ethyl adjacent to an activating group) is 1. The third-order valence-corrected chi connectivity index (χ3v) is 5.11. The van der Waals surface area contributed by atoms with Gasteiger partial charge in [0.1, 0.15) is 0 Å². The number of nitrogens with zero attached hydrogens (tertiary/aromatic N) is 2. The van der Waals surface area contributed by atoms with Gasteiger partial charge >= 0.3 is 0 Å². The van der Waals surface area contributed by atoms with Gasteiger partial charge in [-0.1, -0.05) is 13.8 Å². The van der Waals surface area contributed by atoms with Crippen LogP contribution in [0.25, 0.3) is 0 Å². The van der Waals surface area contributed by atoms with Crippen molar-refractivity contribution in [2.45, 2.75) is 39.2 Å². The van der Waals surface area contributed by atoms with Crippen molar-refractivity contribution in [3.63, 3.8) is 0 Å². The van der Waals surface area contributed by atoms with Crippen LogP contribution in [0.1, 0.15) is 33.1 Å². The first kappa shape index (κ1) is 15.3. The fraction of sp³-hybridized carbons (Fsp3) is 1.00. The van der Waals surface area contributed by atoms with Gasteiger partial charge in [-0.15, -0.1) is 0 Å². The number of fused-ring (bicyclic) bond motifs is 2. The Morgan fingerprint density at radius 3 is 2.32 bits per heavy atom. The topological polar surface area (TPSA) is 32.5 Å². The van der Waals surface area contributed by atoms with Crippen molar-refractivity contribution in [1.29, 1.82) is 0 Å². The van der Waals surface area contributed by atoms with Gasteiger partial charge in [0.15, 0.2) is 0 Å². The average molecular weight is 267 g/mol. The molecule has 4 atom stereocenters. The van der Waals surface area contributed by atoms with Crippen molar-refractivity contribution in [2.24, 2.45) is 29.4 Å². The van der Waals surface area contributed by atoms with Gasteiger partial charge in [0.05, 0.1) is 0 Å². The van der Waals surface area contributed by atoms with Crippen LogP contribution in [0.3, 0.4) is 0 Å². The van der Waals surface area contributed by atoms with Crippen molar-refractivity contribution in [3.8, 4) is 0 Å². The van der Waals surface area contributed by atoms with Crippen LogP contribution in [0, 0.1) is 23.7 Å². The molecule has 2 saturated carbocycles. The SMILES string of the molecule is CC(C)CN(CCN(C)C)CC1C2CCC(C2)C1N. The molecule has 0 aromatic rings. The predicted octanol–water partition coefficient (Wildman–Crippen LogP) is 1.88. The maximum absolute atomic E-state index is 6.46. The lowest BCUT2D eigenvalue weighted by atomic mass is 9.84. The molecule has 2 fully saturated rings. The fourth-order valence-corrected chi connectivity index (χ4v) is 4.14. The Morgan fingerprint density at radius 1 is 1.11 bits per heavy atom. The van der Waals surface area contributed by atoms with E-state index in [1.54, 1.807) is 0 Å². The number of nitrogens with two attached hydrogens (primary N) is 1. The van der Waals surface area contributed by atoms with Gasteiger partial charge in [0, 0.05) is 32.2 Å². The zero-order valence-corrected chi connectivity index (χ0v) is 13.3. The molecule has 0 heterocycles. The standard InChI is InChI=1S/C16H33N3/c1-12(2)10-19(8-7-18(3)4)11-15-13-5-6-14(9-13)16(15)17/h12-16H,5-11,17H2,1-4H3. The normalized spacial score (nSPS) is 34.1. The van der Waals surface area contributed by atoms with Crippen molar-refractivity contribution in [3.05, 3.63) is 0 Å². The summed E-state index contributed by atoms with van der Waals surface area (Å²) < 4.78 is 0. The molecule has 3 nitrogen and oxygen atoms in total. The lowest BCUT2D eigenvalue weighted by molar-refractivity contribution is 0.151. The minimum atomic E-state index is 0.479. The van der Waals surface area contributed by atoms with Crippen molar-refractivity contribution in [2.75, 3.05) is 40.3 Å². The van der Waals surface area contributed by atoms with Gasteiger partial charge in [0.2, 0.25) is 0 Å². The number of hydrogen-bond acceptors (Lipinski definition) is 3. The summed E-state index contributed by atoms with van der Waals surface area (Å²) in [6.45, 7) is 9.43. The highest BCUT2D eigenvalue weighted by Gasteiger charge is 2.45. The summed E-state index contributed by atoms with van der Waals surface area (Å²) in [4.78, 5) is 4.95. The van der Waals surface area contributed by atoms with Crippen LogP contribution < -0.4 is 5.73 Å². The molecule has 2 N–H and O–H groups in total. The van der Waals surface area contributed by atoms with Gasteiger partial charge in [-0.05, 0) is 57.0 Å². The zero-order chi connectivity index (χ0) is 14.0. The minimum Gasteiger partial charge on any atom is -0.327 e. The quantitative estimate of drug-likeness (QED) is 0.764. The summed E-state index contributed by atoms with van der Waals surface area (Å²) >= 11 is 0. The second-order valence-electron chi connectivity index (χ2n) is 7.53. The molecule has 0 aromatic heterocycles. The van der Waals surface area contributed by atoms with E-state index >= 15 is 0 Å². The van der Waals surface area contributed by atoms with Crippen molar-refractivity contribution in [1.82, 2.24) is 9.80 Å². The lowest BCUT2D eigenvalue weighted by Gasteiger charge is -2.34. The van der Waals surface area contributed by atoms with E-state index in [2.05, 4.69) is 37.7 Å². The van der Waals surface area contributed by atoms with Crippen LogP contribution in [0.2, 0.25) is 0 Å². The molecule has 4 unspecified atom stereocenters. The minimum absolute atomic E-state index is 0.479. The predicted molar refractivity (Wildman–Crippen MR) is 82.1 cm³/mol. The number of rotatable bonds is 7. The van der Waals surface area contributed by atoms with Crippen molar-refractivity contribution >= 4 is 0 Å². The van der Waals surface area contributed by atoms with E-state index in [0.29, 0.717) is 6.04 Å². The monoisotopic (exact) mass is 267 g/mol. The van der Waals surface area contributed by atoms with Gasteiger partial charge in [0.25, 0.3) is 0 Å². The van der Waals surface area contributed by atoms with Gasteiger partial charge in [-0.2, -0.15) is 0 Å². The maximum atomic E-state index is 6.46. The first-order valence-electron chi connectivity index (χ1n) is 8.10. The smallest absolute Gasteiger partial charge is 0.0111 e. The number of hydrogen-bond donors (Lipinski definition) is 1. The molecule has 2 aliphatic carbocycles. The molecular weight excluding hydrogens is 234 g/mol. The van der Waals surface area contributed by atoms with Crippen LogP contribution in [-0.2, 0) is 0 Å². The lowest BCUT2D eigenvalue weighted by Crippen LogP contribution is -2.45. The Hall–Kier alpha value is -0.120. The first-order chi connectivity index (χ1) is 8.97. The fourth-order valence-electron chi connectivity index (χ4n) is 4.14. The van der Waals surface area contributed by atoms with Crippen LogP contribution >= 0.6 is 0 Å². The molecule has 112 valence electrons. The maximum Gasteiger partial charge on any atom is 0.0111 e. The van der Waals surface area contributed by atoms with Gasteiger partial charge < -0.3 is 15.5 Å². The molecule has 0 amide bonds. The highest BCUT2D eigenvalue weighted by atomic mass is 15.2. The molecule has 19 heavy (non-hydrogen) atoms. The summed E-state index contributed by atoms with van der Waals surface area (Å²) in [6.07, 6.45) is 4.24. The Morgan fingerprint density at radius 2 is 1.79 bits per heavy atom. The molecule has 2 aliphatic rings. The molecule has 0 aromatic carbocycles. The zero-order valence-electron chi connectivity index (χ0n) is 13.3. The van der Waals surface area contributed by atoms with E-state index in [4.69, 9.17) is 5.73 Å². The van der Waals surface area contributed by atoms with E-state index in [0.717, 1.165) is 30.2 Å². The summed E-state index contributed by atoms with van der Waals surface area (Å²) in [5.41, 5.74) is 6.46. The largest absolute Gasteiger partial charge is 0.327 e. The highest BCUT2D eigenvalue weighted by molar-refractivity contribution is 4.99. The van der Waals surface area contributed by atoms with E-state index in [-0.39, 0.29) is 0 Å². The molecule has 0 aliphatic heterocycles. The Balaban J connectivity index is 1.87. The Labute approximate surface area is 119 Å². The molecule has 2 bridgehead atoms.